The fraction of sp³-hybridized carbons (Fsp3) is 0.167. The molecule has 1 atom stereocenters. The Bertz CT molecular complexity index is 1320. The zero-order valence-corrected chi connectivity index (χ0v) is 16.3. The first-order valence-corrected chi connectivity index (χ1v) is 9.94. The summed E-state index contributed by atoms with van der Waals surface area (Å²) < 4.78 is 2.10. The van der Waals surface area contributed by atoms with Crippen molar-refractivity contribution in [1.29, 1.82) is 0 Å². The lowest BCUT2D eigenvalue weighted by Gasteiger charge is -2.38. The summed E-state index contributed by atoms with van der Waals surface area (Å²) in [7, 11) is 0. The van der Waals surface area contributed by atoms with E-state index in [0.29, 0.717) is 6.54 Å². The molecule has 1 amide bonds. The molecule has 0 saturated heterocycles. The highest BCUT2D eigenvalue weighted by atomic mass is 16.2. The van der Waals surface area contributed by atoms with Crippen LogP contribution in [0.5, 0.6) is 0 Å². The van der Waals surface area contributed by atoms with Crippen LogP contribution in [0.3, 0.4) is 0 Å². The number of hydrogen-bond donors (Lipinski definition) is 1. The summed E-state index contributed by atoms with van der Waals surface area (Å²) in [6.07, 6.45) is 0. The number of rotatable bonds is 1. The van der Waals surface area contributed by atoms with Gasteiger partial charge in [0.15, 0.2) is 0 Å². The van der Waals surface area contributed by atoms with E-state index in [1.807, 2.05) is 54.3 Å². The van der Waals surface area contributed by atoms with Crippen molar-refractivity contribution in [2.24, 2.45) is 0 Å². The zero-order chi connectivity index (χ0) is 19.8. The summed E-state index contributed by atoms with van der Waals surface area (Å²) in [6.45, 7) is 4.70. The molecule has 0 fully saturated rings. The van der Waals surface area contributed by atoms with Crippen LogP contribution >= 0.6 is 0 Å². The number of likely N-dealkylation sites (N-methyl/N-ethyl adjacent to an activating group) is 1. The quantitative estimate of drug-likeness (QED) is 0.529. The number of aromatic nitrogens is 2. The molecule has 2 aliphatic heterocycles. The highest BCUT2D eigenvalue weighted by Gasteiger charge is 2.56. The number of para-hydroxylation sites is 3. The molecule has 5 nitrogen and oxygen atoms in total. The van der Waals surface area contributed by atoms with Gasteiger partial charge in [0.05, 0.1) is 16.7 Å². The van der Waals surface area contributed by atoms with Gasteiger partial charge in [-0.2, -0.15) is 0 Å². The molecular weight excluding hydrogens is 360 g/mol. The summed E-state index contributed by atoms with van der Waals surface area (Å²) in [5, 5.41) is 3.64. The molecule has 0 radical (unpaired) electrons. The first-order chi connectivity index (χ1) is 14.1. The molecule has 1 unspecified atom stereocenters. The third-order valence-electron chi connectivity index (χ3n) is 6.08. The topological polar surface area (TPSA) is 50.2 Å². The van der Waals surface area contributed by atoms with Crippen molar-refractivity contribution in [3.8, 4) is 11.4 Å². The van der Waals surface area contributed by atoms with Crippen LogP contribution in [-0.2, 0) is 10.5 Å². The molecule has 3 heterocycles. The fourth-order valence-electron chi connectivity index (χ4n) is 4.83. The van der Waals surface area contributed by atoms with Crippen molar-refractivity contribution in [3.63, 3.8) is 0 Å². The zero-order valence-electron chi connectivity index (χ0n) is 16.3. The number of hydrogen-bond acceptors (Lipinski definition) is 3. The Balaban J connectivity index is 1.79. The van der Waals surface area contributed by atoms with E-state index in [4.69, 9.17) is 4.98 Å². The summed E-state index contributed by atoms with van der Waals surface area (Å²) >= 11 is 0. The molecule has 29 heavy (non-hydrogen) atoms. The molecule has 4 aromatic rings. The molecule has 1 spiro atoms. The molecule has 3 aromatic carbocycles. The van der Waals surface area contributed by atoms with Crippen LogP contribution in [-0.4, -0.2) is 22.0 Å². The van der Waals surface area contributed by atoms with Crippen LogP contribution in [0.15, 0.2) is 66.7 Å². The van der Waals surface area contributed by atoms with Gasteiger partial charge in [0, 0.05) is 23.4 Å². The Morgan fingerprint density at radius 3 is 2.69 bits per heavy atom. The fourth-order valence-corrected chi connectivity index (χ4v) is 4.83. The second-order valence-electron chi connectivity index (χ2n) is 7.71. The van der Waals surface area contributed by atoms with E-state index in [1.165, 1.54) is 0 Å². The number of benzene rings is 3. The van der Waals surface area contributed by atoms with Gasteiger partial charge in [-0.1, -0.05) is 35.9 Å². The molecule has 0 aliphatic carbocycles. The molecule has 1 N–H and O–H groups in total. The summed E-state index contributed by atoms with van der Waals surface area (Å²) in [5.74, 6) is 0.846. The number of nitrogens with one attached hydrogen (secondary N) is 1. The Morgan fingerprint density at radius 1 is 1.03 bits per heavy atom. The summed E-state index contributed by atoms with van der Waals surface area (Å²) in [5.41, 5.74) is 5.78. The van der Waals surface area contributed by atoms with Crippen LogP contribution in [0.2, 0.25) is 0 Å². The van der Waals surface area contributed by atoms with Gasteiger partial charge in [0.1, 0.15) is 5.82 Å². The average Bonchev–Trinajstić information content (AvgIpc) is 3.24. The molecule has 142 valence electrons. The maximum atomic E-state index is 14.0. The van der Waals surface area contributed by atoms with Gasteiger partial charge in [-0.3, -0.25) is 9.36 Å². The standard InChI is InChI=1S/C24H20N4O/c1-3-27-20-13-12-15(2)14-17(20)24(23(27)29)26-18-9-5-4-8-16(18)22-25-19-10-6-7-11-21(19)28(22)24/h4-14,26H,3H2,1-2H3. The van der Waals surface area contributed by atoms with Crippen LogP contribution < -0.4 is 10.2 Å². The number of imidazole rings is 1. The van der Waals surface area contributed by atoms with E-state index in [2.05, 4.69) is 41.1 Å². The summed E-state index contributed by atoms with van der Waals surface area (Å²) in [4.78, 5) is 20.8. The molecule has 1 aromatic heterocycles. The Hall–Kier alpha value is -3.60. The minimum atomic E-state index is -1.04. The third kappa shape index (κ3) is 1.89. The van der Waals surface area contributed by atoms with Crippen molar-refractivity contribution >= 4 is 28.3 Å². The van der Waals surface area contributed by atoms with Crippen molar-refractivity contribution in [2.45, 2.75) is 19.5 Å². The van der Waals surface area contributed by atoms with Gasteiger partial charge in [0.25, 0.3) is 5.91 Å². The molecule has 6 rings (SSSR count). The van der Waals surface area contributed by atoms with Crippen molar-refractivity contribution in [2.75, 3.05) is 16.8 Å². The predicted octanol–water partition coefficient (Wildman–Crippen LogP) is 4.50. The second-order valence-corrected chi connectivity index (χ2v) is 7.71. The minimum absolute atomic E-state index is 0.0273. The van der Waals surface area contributed by atoms with E-state index < -0.39 is 5.66 Å². The highest BCUT2D eigenvalue weighted by molar-refractivity contribution is 6.12. The number of carbonyl (C=O) groups excluding carboxylic acids is 1. The Labute approximate surface area is 168 Å². The smallest absolute Gasteiger partial charge is 0.279 e. The second kappa shape index (κ2) is 5.47. The molecule has 2 aliphatic rings. The van der Waals surface area contributed by atoms with Gasteiger partial charge in [-0.05, 0) is 50.2 Å². The third-order valence-corrected chi connectivity index (χ3v) is 6.08. The SMILES string of the molecule is CCN1C(=O)C2(Nc3ccccc3-c3nc4ccccc4n32)c2cc(C)ccc21. The van der Waals surface area contributed by atoms with E-state index in [0.717, 1.165) is 44.9 Å². The van der Waals surface area contributed by atoms with E-state index in [9.17, 15) is 4.79 Å². The minimum Gasteiger partial charge on any atom is -0.350 e. The monoisotopic (exact) mass is 380 g/mol. The molecule has 0 bridgehead atoms. The van der Waals surface area contributed by atoms with Crippen molar-refractivity contribution in [1.82, 2.24) is 9.55 Å². The maximum Gasteiger partial charge on any atom is 0.279 e. The normalized spacial score (nSPS) is 19.2. The number of amides is 1. The van der Waals surface area contributed by atoms with Crippen molar-refractivity contribution < 1.29 is 4.79 Å². The number of carbonyl (C=O) groups is 1. The number of nitrogens with zero attached hydrogens (tertiary/aromatic N) is 3. The lowest BCUT2D eigenvalue weighted by molar-refractivity contribution is -0.123. The highest BCUT2D eigenvalue weighted by Crippen LogP contribution is 2.50. The van der Waals surface area contributed by atoms with Crippen LogP contribution in [0, 0.1) is 6.92 Å². The van der Waals surface area contributed by atoms with Gasteiger partial charge < -0.3 is 10.2 Å². The van der Waals surface area contributed by atoms with E-state index in [-0.39, 0.29) is 5.91 Å². The number of anilines is 2. The largest absolute Gasteiger partial charge is 0.350 e. The Kier molecular flexibility index (Phi) is 3.09. The van der Waals surface area contributed by atoms with Gasteiger partial charge in [-0.25, -0.2) is 4.98 Å². The van der Waals surface area contributed by atoms with E-state index in [1.54, 1.807) is 0 Å². The first-order valence-electron chi connectivity index (χ1n) is 9.94. The lowest BCUT2D eigenvalue weighted by Crippen LogP contribution is -2.53. The predicted molar refractivity (Wildman–Crippen MR) is 115 cm³/mol. The van der Waals surface area contributed by atoms with Gasteiger partial charge in [-0.15, -0.1) is 0 Å². The first kappa shape index (κ1) is 16.4. The van der Waals surface area contributed by atoms with Crippen LogP contribution in [0.1, 0.15) is 18.1 Å². The van der Waals surface area contributed by atoms with E-state index >= 15 is 0 Å². The number of aryl methyl sites for hydroxylation is 1. The van der Waals surface area contributed by atoms with Crippen LogP contribution in [0.25, 0.3) is 22.4 Å². The summed E-state index contributed by atoms with van der Waals surface area (Å²) in [6, 6.07) is 22.4. The molecule has 0 saturated carbocycles. The average molecular weight is 380 g/mol. The van der Waals surface area contributed by atoms with Gasteiger partial charge in [0.2, 0.25) is 5.66 Å². The maximum absolute atomic E-state index is 14.0. The van der Waals surface area contributed by atoms with Crippen LogP contribution in [0.4, 0.5) is 11.4 Å². The molecule has 5 heteroatoms. The lowest BCUT2D eigenvalue weighted by atomic mass is 9.94. The van der Waals surface area contributed by atoms with Gasteiger partial charge >= 0.3 is 0 Å². The van der Waals surface area contributed by atoms with Crippen molar-refractivity contribution in [3.05, 3.63) is 77.9 Å². The molecular formula is C24H20N4O. The Morgan fingerprint density at radius 2 is 1.83 bits per heavy atom. The number of fused-ring (bicyclic) bond motifs is 8.